The molecule has 0 bridgehead atoms. The zero-order chi connectivity index (χ0) is 11.3. The summed E-state index contributed by atoms with van der Waals surface area (Å²) in [7, 11) is 0. The van der Waals surface area contributed by atoms with Gasteiger partial charge < -0.3 is 15.2 Å². The van der Waals surface area contributed by atoms with E-state index in [9.17, 15) is 9.90 Å². The van der Waals surface area contributed by atoms with Crippen LogP contribution in [-0.4, -0.2) is 35.4 Å². The van der Waals surface area contributed by atoms with Gasteiger partial charge >= 0.3 is 5.97 Å². The van der Waals surface area contributed by atoms with Gasteiger partial charge in [0, 0.05) is 6.04 Å². The lowest BCUT2D eigenvalue weighted by Gasteiger charge is -2.23. The van der Waals surface area contributed by atoms with E-state index in [1.807, 2.05) is 13.8 Å². The van der Waals surface area contributed by atoms with E-state index in [2.05, 4.69) is 5.32 Å². The first-order valence-corrected chi connectivity index (χ1v) is 4.99. The van der Waals surface area contributed by atoms with E-state index >= 15 is 0 Å². The van der Waals surface area contributed by atoms with Crippen molar-refractivity contribution in [1.29, 1.82) is 0 Å². The Labute approximate surface area is 85.6 Å². The van der Waals surface area contributed by atoms with Crippen molar-refractivity contribution in [3.63, 3.8) is 0 Å². The van der Waals surface area contributed by atoms with Crippen LogP contribution in [0.1, 0.15) is 34.6 Å². The van der Waals surface area contributed by atoms with Gasteiger partial charge in [-0.05, 0) is 20.8 Å². The fourth-order valence-corrected chi connectivity index (χ4v) is 1.07. The van der Waals surface area contributed by atoms with E-state index in [4.69, 9.17) is 4.74 Å². The van der Waals surface area contributed by atoms with E-state index in [0.29, 0.717) is 0 Å². The molecule has 84 valence electrons. The summed E-state index contributed by atoms with van der Waals surface area (Å²) in [5, 5.41) is 12.3. The summed E-state index contributed by atoms with van der Waals surface area (Å²) in [6.07, 6.45) is -0.902. The van der Waals surface area contributed by atoms with Crippen LogP contribution in [0.3, 0.4) is 0 Å². The van der Waals surface area contributed by atoms with Gasteiger partial charge in [0.25, 0.3) is 0 Å². The van der Waals surface area contributed by atoms with Gasteiger partial charge in [-0.2, -0.15) is 0 Å². The molecule has 4 nitrogen and oxygen atoms in total. The Kier molecular flexibility index (Phi) is 5.72. The molecule has 0 aromatic carbocycles. The molecule has 14 heavy (non-hydrogen) atoms. The Bertz CT molecular complexity index is 178. The second kappa shape index (κ2) is 5.98. The molecule has 0 amide bonds. The lowest BCUT2D eigenvalue weighted by Crippen LogP contribution is -2.49. The van der Waals surface area contributed by atoms with E-state index in [1.54, 1.807) is 20.8 Å². The first-order chi connectivity index (χ1) is 6.34. The van der Waals surface area contributed by atoms with Crippen LogP contribution in [0, 0.1) is 0 Å². The quantitative estimate of drug-likeness (QED) is 0.645. The third-order valence-corrected chi connectivity index (χ3v) is 1.60. The van der Waals surface area contributed by atoms with Crippen LogP contribution in [0.4, 0.5) is 0 Å². The van der Waals surface area contributed by atoms with Crippen LogP contribution < -0.4 is 5.32 Å². The smallest absolute Gasteiger partial charge is 0.326 e. The van der Waals surface area contributed by atoms with Crippen molar-refractivity contribution < 1.29 is 14.6 Å². The molecule has 0 fully saturated rings. The highest BCUT2D eigenvalue weighted by Gasteiger charge is 2.26. The third-order valence-electron chi connectivity index (χ3n) is 1.60. The second-order valence-electron chi connectivity index (χ2n) is 4.03. The number of carbonyl (C=O) groups is 1. The zero-order valence-electron chi connectivity index (χ0n) is 9.57. The molecule has 0 rings (SSSR count). The minimum Gasteiger partial charge on any atom is -0.462 e. The summed E-state index contributed by atoms with van der Waals surface area (Å²) < 4.78 is 5.01. The maximum absolute atomic E-state index is 11.5. The Morgan fingerprint density at radius 1 is 1.21 bits per heavy atom. The summed E-state index contributed by atoms with van der Waals surface area (Å²) in [6, 6.07) is -0.508. The first-order valence-electron chi connectivity index (χ1n) is 4.99. The Balaban J connectivity index is 4.26. The highest BCUT2D eigenvalue weighted by molar-refractivity contribution is 5.76. The molecule has 2 atom stereocenters. The standard InChI is InChI=1S/C10H21NO3/c1-6(2)11-9(8(5)12)10(13)14-7(3)4/h6-9,11-12H,1-5H3/t8-,9+/m1/s1. The van der Waals surface area contributed by atoms with Gasteiger partial charge in [-0.1, -0.05) is 13.8 Å². The predicted octanol–water partition coefficient (Wildman–Crippen LogP) is 0.685. The molecule has 0 unspecified atom stereocenters. The van der Waals surface area contributed by atoms with Crippen molar-refractivity contribution in [3.8, 4) is 0 Å². The maximum Gasteiger partial charge on any atom is 0.326 e. The van der Waals surface area contributed by atoms with Crippen LogP contribution in [-0.2, 0) is 9.53 Å². The normalized spacial score (nSPS) is 15.7. The summed E-state index contributed by atoms with van der Waals surface area (Å²) in [6.45, 7) is 8.97. The van der Waals surface area contributed by atoms with E-state index < -0.39 is 18.1 Å². The summed E-state index contributed by atoms with van der Waals surface area (Å²) in [5.74, 6) is -0.399. The molecule has 0 heterocycles. The SMILES string of the molecule is CC(C)N[C@H](C(=O)OC(C)C)[C@@H](C)O. The number of esters is 1. The Hall–Kier alpha value is -0.610. The summed E-state index contributed by atoms with van der Waals surface area (Å²) in [4.78, 5) is 11.5. The van der Waals surface area contributed by atoms with Gasteiger partial charge in [0.15, 0.2) is 0 Å². The van der Waals surface area contributed by atoms with Gasteiger partial charge in [-0.25, -0.2) is 0 Å². The molecule has 4 heteroatoms. The maximum atomic E-state index is 11.5. The molecule has 0 aromatic rings. The Morgan fingerprint density at radius 3 is 2.00 bits per heavy atom. The lowest BCUT2D eigenvalue weighted by atomic mass is 10.1. The second-order valence-corrected chi connectivity index (χ2v) is 4.03. The fraction of sp³-hybridized carbons (Fsp3) is 0.900. The van der Waals surface area contributed by atoms with E-state index in [1.165, 1.54) is 0 Å². The predicted molar refractivity (Wildman–Crippen MR) is 55.0 cm³/mol. The minimum absolute atomic E-state index is 0.134. The van der Waals surface area contributed by atoms with Gasteiger partial charge in [-0.3, -0.25) is 4.79 Å². The first kappa shape index (κ1) is 13.4. The molecular formula is C10H21NO3. The molecular weight excluding hydrogens is 182 g/mol. The summed E-state index contributed by atoms with van der Waals surface area (Å²) in [5.41, 5.74) is 0. The lowest BCUT2D eigenvalue weighted by molar-refractivity contribution is -0.153. The molecule has 0 aliphatic heterocycles. The van der Waals surface area contributed by atoms with E-state index in [-0.39, 0.29) is 12.1 Å². The third kappa shape index (κ3) is 5.19. The van der Waals surface area contributed by atoms with Crippen molar-refractivity contribution in [2.24, 2.45) is 0 Å². The molecule has 2 N–H and O–H groups in total. The number of rotatable bonds is 5. The van der Waals surface area contributed by atoms with Crippen LogP contribution in [0.2, 0.25) is 0 Å². The monoisotopic (exact) mass is 203 g/mol. The number of ether oxygens (including phenoxy) is 1. The van der Waals surface area contributed by atoms with Crippen molar-refractivity contribution in [3.05, 3.63) is 0 Å². The van der Waals surface area contributed by atoms with Gasteiger partial charge in [0.05, 0.1) is 12.2 Å². The van der Waals surface area contributed by atoms with Crippen molar-refractivity contribution >= 4 is 5.97 Å². The summed E-state index contributed by atoms with van der Waals surface area (Å²) >= 11 is 0. The highest BCUT2D eigenvalue weighted by Crippen LogP contribution is 2.01. The number of nitrogens with one attached hydrogen (secondary N) is 1. The van der Waals surface area contributed by atoms with Gasteiger partial charge in [0.1, 0.15) is 6.04 Å². The molecule has 0 saturated heterocycles. The molecule has 0 aromatic heterocycles. The molecule has 0 aliphatic carbocycles. The topological polar surface area (TPSA) is 58.6 Å². The van der Waals surface area contributed by atoms with Crippen LogP contribution >= 0.6 is 0 Å². The largest absolute Gasteiger partial charge is 0.462 e. The number of aliphatic hydroxyl groups excluding tert-OH is 1. The Morgan fingerprint density at radius 2 is 1.71 bits per heavy atom. The van der Waals surface area contributed by atoms with Crippen molar-refractivity contribution in [2.75, 3.05) is 0 Å². The van der Waals surface area contributed by atoms with Crippen LogP contribution in [0.25, 0.3) is 0 Å². The van der Waals surface area contributed by atoms with Crippen molar-refractivity contribution in [2.45, 2.75) is 58.9 Å². The molecule has 0 spiro atoms. The average Bonchev–Trinajstić information content (AvgIpc) is 1.97. The molecule has 0 radical (unpaired) electrons. The highest BCUT2D eigenvalue weighted by atomic mass is 16.5. The number of aliphatic hydroxyl groups is 1. The number of hydrogen-bond donors (Lipinski definition) is 2. The molecule has 0 saturated carbocycles. The van der Waals surface area contributed by atoms with Gasteiger partial charge in [0.2, 0.25) is 0 Å². The molecule has 0 aliphatic rings. The fourth-order valence-electron chi connectivity index (χ4n) is 1.07. The number of hydrogen-bond acceptors (Lipinski definition) is 4. The average molecular weight is 203 g/mol. The minimum atomic E-state index is -0.747. The van der Waals surface area contributed by atoms with E-state index in [0.717, 1.165) is 0 Å². The van der Waals surface area contributed by atoms with Crippen LogP contribution in [0.15, 0.2) is 0 Å². The van der Waals surface area contributed by atoms with Crippen molar-refractivity contribution in [1.82, 2.24) is 5.32 Å². The number of carbonyl (C=O) groups excluding carboxylic acids is 1. The zero-order valence-corrected chi connectivity index (χ0v) is 9.57. The van der Waals surface area contributed by atoms with Gasteiger partial charge in [-0.15, -0.1) is 0 Å². The van der Waals surface area contributed by atoms with Crippen LogP contribution in [0.5, 0.6) is 0 Å².